The maximum absolute atomic E-state index is 13.9. The number of carbonyl (C=O) groups excluding carboxylic acids is 3. The van der Waals surface area contributed by atoms with Gasteiger partial charge in [-0.15, -0.1) is 11.8 Å². The predicted octanol–water partition coefficient (Wildman–Crippen LogP) is 1.90. The Bertz CT molecular complexity index is 863. The van der Waals surface area contributed by atoms with Crippen molar-refractivity contribution in [3.63, 3.8) is 0 Å². The number of amides is 2. The number of hydrogen-bond acceptors (Lipinski definition) is 6. The molecule has 4 rings (SSSR count). The van der Waals surface area contributed by atoms with Gasteiger partial charge in [-0.05, 0) is 39.2 Å². The molecule has 1 spiro atoms. The van der Waals surface area contributed by atoms with Crippen molar-refractivity contribution in [2.75, 3.05) is 13.2 Å². The normalized spacial score (nSPS) is 32.3. The van der Waals surface area contributed by atoms with Crippen LogP contribution in [0.4, 0.5) is 0 Å². The third-order valence-electron chi connectivity index (χ3n) is 6.67. The number of carbonyl (C=O) groups is 3. The topological polar surface area (TPSA) is 95.9 Å². The first kappa shape index (κ1) is 22.1. The molecule has 1 aromatic carbocycles. The lowest BCUT2D eigenvalue weighted by molar-refractivity contribution is -0.154. The van der Waals surface area contributed by atoms with E-state index in [1.165, 1.54) is 0 Å². The van der Waals surface area contributed by atoms with Crippen LogP contribution in [0.5, 0.6) is 0 Å². The van der Waals surface area contributed by atoms with Crippen molar-refractivity contribution in [3.8, 4) is 0 Å². The highest BCUT2D eigenvalue weighted by Crippen LogP contribution is 2.67. The molecule has 3 heterocycles. The van der Waals surface area contributed by atoms with Crippen LogP contribution in [-0.4, -0.2) is 63.1 Å². The summed E-state index contributed by atoms with van der Waals surface area (Å²) in [6.07, 6.45) is 1.46. The number of nitrogens with one attached hydrogen (secondary N) is 1. The highest BCUT2D eigenvalue weighted by molar-refractivity contribution is 8.02. The third-order valence-corrected chi connectivity index (χ3v) is 8.62. The maximum Gasteiger partial charge on any atom is 0.310 e. The van der Waals surface area contributed by atoms with Gasteiger partial charge in [0.05, 0.1) is 35.8 Å². The zero-order valence-electron chi connectivity index (χ0n) is 18.1. The van der Waals surface area contributed by atoms with Crippen LogP contribution in [0.15, 0.2) is 30.3 Å². The molecule has 168 valence electrons. The van der Waals surface area contributed by atoms with E-state index in [0.717, 1.165) is 12.0 Å². The molecule has 31 heavy (non-hydrogen) atoms. The fourth-order valence-corrected chi connectivity index (χ4v) is 7.82. The SMILES string of the molecule is CCOC(=O)[C@@H]1[C@H]2C(=O)N([C@H](CO)c3ccccc3)C(C(=O)NC(C)C)C23CC[C@H]1S3. The monoisotopic (exact) mass is 446 g/mol. The number of aliphatic hydroxyl groups is 1. The summed E-state index contributed by atoms with van der Waals surface area (Å²) >= 11 is 1.60. The summed E-state index contributed by atoms with van der Waals surface area (Å²) in [5.41, 5.74) is 0.768. The van der Waals surface area contributed by atoms with Crippen molar-refractivity contribution in [1.82, 2.24) is 10.2 Å². The van der Waals surface area contributed by atoms with Crippen LogP contribution >= 0.6 is 11.8 Å². The Morgan fingerprint density at radius 1 is 1.32 bits per heavy atom. The van der Waals surface area contributed by atoms with Crippen LogP contribution in [-0.2, 0) is 19.1 Å². The van der Waals surface area contributed by atoms with E-state index < -0.39 is 28.7 Å². The second-order valence-electron chi connectivity index (χ2n) is 8.83. The van der Waals surface area contributed by atoms with Crippen molar-refractivity contribution >= 4 is 29.5 Å². The molecule has 0 aromatic heterocycles. The number of hydrogen-bond donors (Lipinski definition) is 2. The summed E-state index contributed by atoms with van der Waals surface area (Å²) in [5.74, 6) is -1.99. The fraction of sp³-hybridized carbons (Fsp3) is 0.609. The van der Waals surface area contributed by atoms with Crippen molar-refractivity contribution in [3.05, 3.63) is 35.9 Å². The van der Waals surface area contributed by atoms with E-state index in [9.17, 15) is 19.5 Å². The number of thioether (sulfide) groups is 1. The minimum Gasteiger partial charge on any atom is -0.466 e. The van der Waals surface area contributed by atoms with E-state index >= 15 is 0 Å². The molecule has 3 aliphatic rings. The molecule has 3 saturated heterocycles. The van der Waals surface area contributed by atoms with Crippen LogP contribution < -0.4 is 5.32 Å². The molecule has 0 saturated carbocycles. The zero-order valence-corrected chi connectivity index (χ0v) is 18.9. The van der Waals surface area contributed by atoms with Crippen LogP contribution in [0.3, 0.4) is 0 Å². The molecule has 0 radical (unpaired) electrons. The Labute approximate surface area is 186 Å². The highest BCUT2D eigenvalue weighted by Gasteiger charge is 2.74. The second-order valence-corrected chi connectivity index (χ2v) is 10.4. The van der Waals surface area contributed by atoms with Gasteiger partial charge in [0.2, 0.25) is 11.8 Å². The molecule has 2 bridgehead atoms. The van der Waals surface area contributed by atoms with Gasteiger partial charge in [0.25, 0.3) is 0 Å². The van der Waals surface area contributed by atoms with Crippen LogP contribution in [0, 0.1) is 11.8 Å². The summed E-state index contributed by atoms with van der Waals surface area (Å²) in [4.78, 5) is 41.7. The molecular weight excluding hydrogens is 416 g/mol. The minimum absolute atomic E-state index is 0.0196. The van der Waals surface area contributed by atoms with Crippen molar-refractivity contribution in [2.45, 2.75) is 61.7 Å². The quantitative estimate of drug-likeness (QED) is 0.621. The fourth-order valence-electron chi connectivity index (χ4n) is 5.63. The average molecular weight is 447 g/mol. The van der Waals surface area contributed by atoms with Gasteiger partial charge in [-0.1, -0.05) is 30.3 Å². The summed E-state index contributed by atoms with van der Waals surface area (Å²) in [6.45, 7) is 5.48. The second kappa shape index (κ2) is 8.47. The summed E-state index contributed by atoms with van der Waals surface area (Å²) in [5, 5.41) is 13.3. The molecule has 1 aromatic rings. The molecule has 7 nitrogen and oxygen atoms in total. The molecular formula is C23H30N2O5S. The molecule has 2 unspecified atom stereocenters. The van der Waals surface area contributed by atoms with Gasteiger partial charge in [-0.25, -0.2) is 0 Å². The molecule has 6 atom stereocenters. The number of rotatable bonds is 7. The standard InChI is InChI=1S/C23H30N2O5S/c1-4-30-22(29)17-16-10-11-23(31-16)18(17)21(28)25(19(23)20(27)24-13(2)3)15(12-26)14-8-6-5-7-9-14/h5-9,13,15-19,26H,4,10-12H2,1-3H3,(H,24,27)/t15-,16-,17+,18+,19?,23?/m1/s1. The first-order valence-corrected chi connectivity index (χ1v) is 11.9. The maximum atomic E-state index is 13.9. The summed E-state index contributed by atoms with van der Waals surface area (Å²) in [6, 6.07) is 7.78. The Morgan fingerprint density at radius 2 is 2.03 bits per heavy atom. The van der Waals surface area contributed by atoms with E-state index in [4.69, 9.17) is 4.74 Å². The van der Waals surface area contributed by atoms with E-state index in [1.54, 1.807) is 23.6 Å². The lowest BCUT2D eigenvalue weighted by Gasteiger charge is -2.37. The summed E-state index contributed by atoms with van der Waals surface area (Å²) < 4.78 is 4.65. The number of likely N-dealkylation sites (tertiary alicyclic amines) is 1. The Balaban J connectivity index is 1.80. The Morgan fingerprint density at radius 3 is 2.65 bits per heavy atom. The van der Waals surface area contributed by atoms with Gasteiger partial charge in [0.15, 0.2) is 0 Å². The molecule has 2 amide bonds. The van der Waals surface area contributed by atoms with E-state index in [-0.39, 0.29) is 42.3 Å². The van der Waals surface area contributed by atoms with Gasteiger partial charge in [-0.2, -0.15) is 0 Å². The number of esters is 1. The minimum atomic E-state index is -0.751. The lowest BCUT2D eigenvalue weighted by Crippen LogP contribution is -2.55. The molecule has 0 aliphatic carbocycles. The molecule has 3 aliphatic heterocycles. The third kappa shape index (κ3) is 3.44. The first-order chi connectivity index (χ1) is 14.9. The van der Waals surface area contributed by atoms with Crippen molar-refractivity contribution in [1.29, 1.82) is 0 Å². The molecule has 8 heteroatoms. The van der Waals surface area contributed by atoms with Crippen molar-refractivity contribution < 1.29 is 24.2 Å². The van der Waals surface area contributed by atoms with Crippen molar-refractivity contribution in [2.24, 2.45) is 11.8 Å². The number of benzene rings is 1. The van der Waals surface area contributed by atoms with Gasteiger partial charge in [0, 0.05) is 11.3 Å². The van der Waals surface area contributed by atoms with E-state index in [0.29, 0.717) is 6.42 Å². The van der Waals surface area contributed by atoms with Gasteiger partial charge in [0.1, 0.15) is 6.04 Å². The first-order valence-electron chi connectivity index (χ1n) is 11.0. The number of nitrogens with zero attached hydrogens (tertiary/aromatic N) is 1. The van der Waals surface area contributed by atoms with Crippen LogP contribution in [0.25, 0.3) is 0 Å². The van der Waals surface area contributed by atoms with E-state index in [2.05, 4.69) is 5.32 Å². The summed E-state index contributed by atoms with van der Waals surface area (Å²) in [7, 11) is 0. The largest absolute Gasteiger partial charge is 0.466 e. The Hall–Kier alpha value is -2.06. The van der Waals surface area contributed by atoms with Gasteiger partial charge in [-0.3, -0.25) is 14.4 Å². The molecule has 2 N–H and O–H groups in total. The number of aliphatic hydroxyl groups excluding tert-OH is 1. The zero-order chi connectivity index (χ0) is 22.3. The van der Waals surface area contributed by atoms with Crippen LogP contribution in [0.1, 0.15) is 45.2 Å². The molecule has 3 fully saturated rings. The smallest absolute Gasteiger partial charge is 0.310 e. The van der Waals surface area contributed by atoms with Gasteiger partial charge >= 0.3 is 5.97 Å². The van der Waals surface area contributed by atoms with E-state index in [1.807, 2.05) is 44.2 Å². The number of ether oxygens (including phenoxy) is 1. The average Bonchev–Trinajstić information content (AvgIpc) is 3.37. The highest BCUT2D eigenvalue weighted by atomic mass is 32.2. The number of fused-ring (bicyclic) bond motifs is 1. The Kier molecular flexibility index (Phi) is 6.05. The van der Waals surface area contributed by atoms with Crippen LogP contribution in [0.2, 0.25) is 0 Å². The lowest BCUT2D eigenvalue weighted by atomic mass is 9.71. The van der Waals surface area contributed by atoms with Gasteiger partial charge < -0.3 is 20.1 Å². The predicted molar refractivity (Wildman–Crippen MR) is 117 cm³/mol.